The number of rotatable bonds is 10. The molecule has 0 aliphatic heterocycles. The number of nitrogens with one attached hydrogen (secondary N) is 1. The molecule has 0 aromatic heterocycles. The normalized spacial score (nSPS) is 13.1. The van der Waals surface area contributed by atoms with E-state index >= 15 is 0 Å². The highest BCUT2D eigenvalue weighted by Gasteiger charge is 2.21. The van der Waals surface area contributed by atoms with E-state index in [1.165, 1.54) is 0 Å². The summed E-state index contributed by atoms with van der Waals surface area (Å²) in [6.07, 6.45) is 0. The van der Waals surface area contributed by atoms with E-state index in [0.29, 0.717) is 13.2 Å². The van der Waals surface area contributed by atoms with E-state index in [-0.39, 0.29) is 17.4 Å². The lowest BCUT2D eigenvalue weighted by Crippen LogP contribution is -2.36. The molecule has 4 nitrogen and oxygen atoms in total. The molecule has 0 aromatic carbocycles. The number of ether oxygens (including phenoxy) is 2. The van der Waals surface area contributed by atoms with Crippen molar-refractivity contribution in [3.8, 4) is 0 Å². The number of aliphatic hydroxyl groups excluding tert-OH is 1. The molecule has 0 radical (unpaired) electrons. The molecule has 0 amide bonds. The third kappa shape index (κ3) is 9.53. The maximum absolute atomic E-state index is 9.12. The molecule has 0 atom stereocenters. The molecule has 0 spiro atoms. The lowest BCUT2D eigenvalue weighted by Gasteiger charge is -2.28. The van der Waals surface area contributed by atoms with Crippen molar-refractivity contribution in [1.29, 1.82) is 0 Å². The summed E-state index contributed by atoms with van der Waals surface area (Å²) < 4.78 is 10.7. The van der Waals surface area contributed by atoms with Gasteiger partial charge in [-0.25, -0.2) is 0 Å². The smallest absolute Gasteiger partial charge is 0.0587 e. The highest BCUT2D eigenvalue weighted by Crippen LogP contribution is 2.18. The highest BCUT2D eigenvalue weighted by molar-refractivity contribution is 4.72. The Morgan fingerprint density at radius 2 is 1.65 bits per heavy atom. The topological polar surface area (TPSA) is 50.7 Å². The summed E-state index contributed by atoms with van der Waals surface area (Å²) in [5.41, 5.74) is -0.0567. The van der Waals surface area contributed by atoms with E-state index in [9.17, 15) is 0 Å². The Morgan fingerprint density at radius 1 is 1.06 bits per heavy atom. The van der Waals surface area contributed by atoms with Gasteiger partial charge in [0.25, 0.3) is 0 Å². The molecule has 0 fully saturated rings. The third-order valence-electron chi connectivity index (χ3n) is 2.50. The van der Waals surface area contributed by atoms with Gasteiger partial charge in [0, 0.05) is 31.0 Å². The molecule has 2 N–H and O–H groups in total. The Kier molecular flexibility index (Phi) is 7.96. The zero-order chi connectivity index (χ0) is 13.4. The lowest BCUT2D eigenvalue weighted by molar-refractivity contribution is -0.00550. The zero-order valence-electron chi connectivity index (χ0n) is 12.0. The van der Waals surface area contributed by atoms with Crippen LogP contribution in [-0.2, 0) is 9.47 Å². The number of hydrogen-bond acceptors (Lipinski definition) is 4. The standard InChI is InChI=1S/C13H29NO3/c1-12(2,8-14-6-7-16-5)10-17-11-13(3,4)9-15/h14-15H,6-11H2,1-5H3. The monoisotopic (exact) mass is 247 g/mol. The predicted molar refractivity (Wildman–Crippen MR) is 70.2 cm³/mol. The molecule has 0 saturated heterocycles. The van der Waals surface area contributed by atoms with Crippen molar-refractivity contribution < 1.29 is 14.6 Å². The summed E-state index contributed by atoms with van der Waals surface area (Å²) in [4.78, 5) is 0. The van der Waals surface area contributed by atoms with E-state index in [0.717, 1.165) is 19.7 Å². The van der Waals surface area contributed by atoms with Gasteiger partial charge in [-0.2, -0.15) is 0 Å². The molecule has 17 heavy (non-hydrogen) atoms. The molecule has 0 aliphatic carbocycles. The van der Waals surface area contributed by atoms with Gasteiger partial charge < -0.3 is 19.9 Å². The van der Waals surface area contributed by atoms with Crippen molar-refractivity contribution >= 4 is 0 Å². The van der Waals surface area contributed by atoms with Crippen LogP contribution >= 0.6 is 0 Å². The lowest BCUT2D eigenvalue weighted by atomic mass is 9.93. The van der Waals surface area contributed by atoms with Gasteiger partial charge in [-0.05, 0) is 0 Å². The first-order valence-corrected chi connectivity index (χ1v) is 6.21. The van der Waals surface area contributed by atoms with Gasteiger partial charge in [0.1, 0.15) is 0 Å². The number of aliphatic hydroxyl groups is 1. The second-order valence-corrected chi connectivity index (χ2v) is 6.15. The molecule has 0 aromatic rings. The summed E-state index contributed by atoms with van der Waals surface area (Å²) in [6.45, 7) is 12.2. The average Bonchev–Trinajstić information content (AvgIpc) is 2.24. The van der Waals surface area contributed by atoms with Crippen LogP contribution in [0.1, 0.15) is 27.7 Å². The largest absolute Gasteiger partial charge is 0.396 e. The van der Waals surface area contributed by atoms with E-state index in [1.54, 1.807) is 7.11 Å². The Balaban J connectivity index is 3.70. The van der Waals surface area contributed by atoms with E-state index in [4.69, 9.17) is 14.6 Å². The predicted octanol–water partition coefficient (Wildman–Crippen LogP) is 1.28. The minimum Gasteiger partial charge on any atom is -0.396 e. The molecule has 0 aliphatic rings. The third-order valence-corrected chi connectivity index (χ3v) is 2.50. The second-order valence-electron chi connectivity index (χ2n) is 6.15. The van der Waals surface area contributed by atoms with Crippen molar-refractivity contribution in [3.63, 3.8) is 0 Å². The van der Waals surface area contributed by atoms with Gasteiger partial charge >= 0.3 is 0 Å². The summed E-state index contributed by atoms with van der Waals surface area (Å²) in [6, 6.07) is 0. The fraction of sp³-hybridized carbons (Fsp3) is 1.00. The van der Waals surface area contributed by atoms with Crippen LogP contribution in [0.2, 0.25) is 0 Å². The van der Waals surface area contributed by atoms with Gasteiger partial charge in [-0.3, -0.25) is 0 Å². The van der Waals surface area contributed by atoms with Crippen LogP contribution in [-0.4, -0.2) is 51.7 Å². The van der Waals surface area contributed by atoms with E-state index in [2.05, 4.69) is 19.2 Å². The molecule has 4 heteroatoms. The Bertz CT molecular complexity index is 193. The molecule has 0 rings (SSSR count). The summed E-state index contributed by atoms with van der Waals surface area (Å²) in [5, 5.41) is 12.5. The van der Waals surface area contributed by atoms with Crippen LogP contribution < -0.4 is 5.32 Å². The highest BCUT2D eigenvalue weighted by atomic mass is 16.5. The average molecular weight is 247 g/mol. The molecular formula is C13H29NO3. The summed E-state index contributed by atoms with van der Waals surface area (Å²) >= 11 is 0. The fourth-order valence-corrected chi connectivity index (χ4v) is 1.30. The minimum atomic E-state index is -0.153. The molecule has 0 unspecified atom stereocenters. The Morgan fingerprint density at radius 3 is 2.18 bits per heavy atom. The maximum Gasteiger partial charge on any atom is 0.0587 e. The van der Waals surface area contributed by atoms with Gasteiger partial charge in [0.2, 0.25) is 0 Å². The number of methoxy groups -OCH3 is 1. The van der Waals surface area contributed by atoms with E-state index < -0.39 is 0 Å². The van der Waals surface area contributed by atoms with Crippen LogP contribution in [0.25, 0.3) is 0 Å². The summed E-state index contributed by atoms with van der Waals surface area (Å²) in [7, 11) is 1.70. The van der Waals surface area contributed by atoms with Crippen LogP contribution in [0, 0.1) is 10.8 Å². The van der Waals surface area contributed by atoms with Crippen LogP contribution in [0.15, 0.2) is 0 Å². The van der Waals surface area contributed by atoms with E-state index in [1.807, 2.05) is 13.8 Å². The molecule has 104 valence electrons. The number of hydrogen-bond donors (Lipinski definition) is 2. The van der Waals surface area contributed by atoms with Gasteiger partial charge in [0.05, 0.1) is 26.4 Å². The Hall–Kier alpha value is -0.160. The van der Waals surface area contributed by atoms with Crippen LogP contribution in [0.4, 0.5) is 0 Å². The van der Waals surface area contributed by atoms with Gasteiger partial charge in [0.15, 0.2) is 0 Å². The van der Waals surface area contributed by atoms with Gasteiger partial charge in [-0.1, -0.05) is 27.7 Å². The van der Waals surface area contributed by atoms with Crippen LogP contribution in [0.5, 0.6) is 0 Å². The first-order chi connectivity index (χ1) is 7.83. The van der Waals surface area contributed by atoms with Crippen molar-refractivity contribution in [3.05, 3.63) is 0 Å². The van der Waals surface area contributed by atoms with Crippen LogP contribution in [0.3, 0.4) is 0 Å². The zero-order valence-corrected chi connectivity index (χ0v) is 12.0. The SMILES string of the molecule is COCCNCC(C)(C)COCC(C)(C)CO. The van der Waals surface area contributed by atoms with Crippen molar-refractivity contribution in [1.82, 2.24) is 5.32 Å². The minimum absolute atomic E-state index is 0.0965. The molecule has 0 saturated carbocycles. The quantitative estimate of drug-likeness (QED) is 0.571. The molecular weight excluding hydrogens is 218 g/mol. The van der Waals surface area contributed by atoms with Crippen molar-refractivity contribution in [2.24, 2.45) is 10.8 Å². The molecule has 0 heterocycles. The maximum atomic E-state index is 9.12. The molecule has 0 bridgehead atoms. The first-order valence-electron chi connectivity index (χ1n) is 6.21. The van der Waals surface area contributed by atoms with Crippen molar-refractivity contribution in [2.45, 2.75) is 27.7 Å². The fourth-order valence-electron chi connectivity index (χ4n) is 1.30. The first kappa shape index (κ1) is 16.8. The second kappa shape index (κ2) is 8.03. The van der Waals surface area contributed by atoms with Gasteiger partial charge in [-0.15, -0.1) is 0 Å². The van der Waals surface area contributed by atoms with Crippen molar-refractivity contribution in [2.75, 3.05) is 46.6 Å². The summed E-state index contributed by atoms with van der Waals surface area (Å²) in [5.74, 6) is 0. The Labute approximate surface area is 106 Å².